The molecule has 0 aliphatic carbocycles. The van der Waals surface area contributed by atoms with Crippen molar-refractivity contribution in [2.75, 3.05) is 5.32 Å². The van der Waals surface area contributed by atoms with Gasteiger partial charge in [0.25, 0.3) is 5.91 Å². The Morgan fingerprint density at radius 1 is 1.41 bits per heavy atom. The third kappa shape index (κ3) is 1.45. The molecule has 0 radical (unpaired) electrons. The van der Waals surface area contributed by atoms with Crippen LogP contribution in [0.1, 0.15) is 10.6 Å². The van der Waals surface area contributed by atoms with E-state index in [1.54, 1.807) is 23.6 Å². The van der Waals surface area contributed by atoms with Crippen molar-refractivity contribution in [3.05, 3.63) is 44.8 Å². The van der Waals surface area contributed by atoms with Crippen LogP contribution in [0.5, 0.6) is 0 Å². The van der Waals surface area contributed by atoms with E-state index in [0.717, 1.165) is 0 Å². The summed E-state index contributed by atoms with van der Waals surface area (Å²) < 4.78 is 0.614. The Bertz CT molecular complexity index is 613. The van der Waals surface area contributed by atoms with Crippen LogP contribution in [0.4, 0.5) is 5.69 Å². The molecule has 0 fully saturated rings. The number of thiazole rings is 1. The van der Waals surface area contributed by atoms with Crippen LogP contribution in [0.15, 0.2) is 34.2 Å². The molecule has 1 amide bonds. The molecule has 3 rings (SSSR count). The van der Waals surface area contributed by atoms with Crippen LogP contribution in [0.3, 0.4) is 0 Å². The maximum atomic E-state index is 12.0. The molecule has 1 aliphatic rings. The van der Waals surface area contributed by atoms with Gasteiger partial charge in [0.1, 0.15) is 9.61 Å². The van der Waals surface area contributed by atoms with Crippen molar-refractivity contribution in [3.8, 4) is 0 Å². The molecular formula is C11H7BrN2O2S. The fourth-order valence-corrected chi connectivity index (χ4v) is 3.24. The zero-order valence-electron chi connectivity index (χ0n) is 8.48. The van der Waals surface area contributed by atoms with Crippen LogP contribution in [0.2, 0.25) is 0 Å². The highest BCUT2D eigenvalue weighted by Gasteiger charge is 2.48. The number of benzene rings is 1. The van der Waals surface area contributed by atoms with Gasteiger partial charge >= 0.3 is 0 Å². The molecule has 86 valence electrons. The first-order chi connectivity index (χ1) is 8.12. The first-order valence-electron chi connectivity index (χ1n) is 4.87. The number of amides is 1. The van der Waals surface area contributed by atoms with Crippen molar-refractivity contribution in [1.82, 2.24) is 4.98 Å². The topological polar surface area (TPSA) is 62.2 Å². The number of carbonyl (C=O) groups is 1. The summed E-state index contributed by atoms with van der Waals surface area (Å²) in [6.07, 6.45) is 0. The van der Waals surface area contributed by atoms with Crippen LogP contribution in [0.25, 0.3) is 0 Å². The quantitative estimate of drug-likeness (QED) is 0.848. The lowest BCUT2D eigenvalue weighted by Crippen LogP contribution is -2.35. The smallest absolute Gasteiger partial charge is 0.268 e. The summed E-state index contributed by atoms with van der Waals surface area (Å²) in [4.78, 5) is 16.1. The summed E-state index contributed by atoms with van der Waals surface area (Å²) >= 11 is 4.46. The third-order valence-corrected chi connectivity index (χ3v) is 4.34. The molecule has 1 unspecified atom stereocenters. The second-order valence-electron chi connectivity index (χ2n) is 3.69. The third-order valence-electron chi connectivity index (χ3n) is 2.68. The molecule has 1 aromatic heterocycles. The van der Waals surface area contributed by atoms with E-state index < -0.39 is 11.5 Å². The van der Waals surface area contributed by atoms with Gasteiger partial charge in [0.15, 0.2) is 0 Å². The fourth-order valence-electron chi connectivity index (χ4n) is 1.88. The molecule has 1 aromatic carbocycles. The molecule has 4 nitrogen and oxygen atoms in total. The number of para-hydroxylation sites is 1. The number of anilines is 1. The number of fused-ring (bicyclic) bond motifs is 1. The summed E-state index contributed by atoms with van der Waals surface area (Å²) in [5.74, 6) is -0.458. The van der Waals surface area contributed by atoms with Gasteiger partial charge in [0.2, 0.25) is 5.60 Å². The fraction of sp³-hybridized carbons (Fsp3) is 0.0909. The summed E-state index contributed by atoms with van der Waals surface area (Å²) in [5.41, 5.74) is -0.494. The van der Waals surface area contributed by atoms with E-state index in [1.807, 2.05) is 6.07 Å². The lowest BCUT2D eigenvalue weighted by Gasteiger charge is -2.17. The van der Waals surface area contributed by atoms with Crippen LogP contribution in [-0.4, -0.2) is 16.0 Å². The largest absolute Gasteiger partial charge is 0.370 e. The predicted octanol–water partition coefficient (Wildman–Crippen LogP) is 2.09. The van der Waals surface area contributed by atoms with Crippen molar-refractivity contribution in [3.63, 3.8) is 0 Å². The van der Waals surface area contributed by atoms with E-state index in [4.69, 9.17) is 0 Å². The zero-order valence-corrected chi connectivity index (χ0v) is 10.9. The van der Waals surface area contributed by atoms with E-state index >= 15 is 0 Å². The Hall–Kier alpha value is -1.24. The molecule has 2 heterocycles. The lowest BCUT2D eigenvalue weighted by molar-refractivity contribution is -0.129. The number of nitrogens with zero attached hydrogens (tertiary/aromatic N) is 1. The highest BCUT2D eigenvalue weighted by molar-refractivity contribution is 9.10. The summed E-state index contributed by atoms with van der Waals surface area (Å²) in [6.45, 7) is 0. The van der Waals surface area contributed by atoms with E-state index in [2.05, 4.69) is 26.2 Å². The van der Waals surface area contributed by atoms with Gasteiger partial charge in [-0.1, -0.05) is 18.2 Å². The zero-order chi connectivity index (χ0) is 12.0. The van der Waals surface area contributed by atoms with Crippen molar-refractivity contribution >= 4 is 38.9 Å². The molecule has 0 bridgehead atoms. The maximum absolute atomic E-state index is 12.0. The standard InChI is InChI=1S/C11H7BrN2O2S/c12-8-5-17-10(14-8)11(16)6-3-1-2-4-7(6)13-9(11)15/h1-5,16H,(H,13,15). The monoisotopic (exact) mass is 310 g/mol. The Morgan fingerprint density at radius 2 is 2.18 bits per heavy atom. The minimum Gasteiger partial charge on any atom is -0.370 e. The molecule has 6 heteroatoms. The number of hydrogen-bond acceptors (Lipinski definition) is 4. The number of aromatic nitrogens is 1. The lowest BCUT2D eigenvalue weighted by atomic mass is 9.96. The van der Waals surface area contributed by atoms with Gasteiger partial charge in [-0.3, -0.25) is 4.79 Å². The highest BCUT2D eigenvalue weighted by Crippen LogP contribution is 2.41. The molecule has 0 saturated carbocycles. The average Bonchev–Trinajstić information content (AvgIpc) is 2.85. The Kier molecular flexibility index (Phi) is 2.32. The molecule has 1 atom stereocenters. The van der Waals surface area contributed by atoms with Gasteiger partial charge < -0.3 is 10.4 Å². The minimum atomic E-state index is -1.67. The van der Waals surface area contributed by atoms with Gasteiger partial charge in [0, 0.05) is 16.6 Å². The number of carbonyl (C=O) groups excluding carboxylic acids is 1. The van der Waals surface area contributed by atoms with Crippen molar-refractivity contribution in [2.45, 2.75) is 5.60 Å². The summed E-state index contributed by atoms with van der Waals surface area (Å²) in [6, 6.07) is 7.08. The molecule has 17 heavy (non-hydrogen) atoms. The molecular weight excluding hydrogens is 304 g/mol. The maximum Gasteiger partial charge on any atom is 0.268 e. The van der Waals surface area contributed by atoms with Crippen LogP contribution in [0, 0.1) is 0 Å². The predicted molar refractivity (Wildman–Crippen MR) is 67.9 cm³/mol. The SMILES string of the molecule is O=C1Nc2ccccc2C1(O)c1nc(Br)cs1. The van der Waals surface area contributed by atoms with Crippen LogP contribution >= 0.6 is 27.3 Å². The van der Waals surface area contributed by atoms with Crippen molar-refractivity contribution < 1.29 is 9.90 Å². The van der Waals surface area contributed by atoms with Gasteiger partial charge in [-0.25, -0.2) is 4.98 Å². The van der Waals surface area contributed by atoms with Gasteiger partial charge in [-0.2, -0.15) is 0 Å². The Labute approximate surface area is 109 Å². The van der Waals surface area contributed by atoms with Crippen LogP contribution < -0.4 is 5.32 Å². The number of rotatable bonds is 1. The second kappa shape index (κ2) is 3.63. The van der Waals surface area contributed by atoms with Gasteiger partial charge in [0.05, 0.1) is 0 Å². The molecule has 0 spiro atoms. The summed E-state index contributed by atoms with van der Waals surface area (Å²) in [5, 5.41) is 15.4. The molecule has 0 saturated heterocycles. The van der Waals surface area contributed by atoms with Crippen LogP contribution in [-0.2, 0) is 10.4 Å². The normalized spacial score (nSPS) is 22.4. The Balaban J connectivity index is 2.23. The van der Waals surface area contributed by atoms with Crippen molar-refractivity contribution in [1.29, 1.82) is 0 Å². The first-order valence-corrected chi connectivity index (χ1v) is 6.54. The van der Waals surface area contributed by atoms with Crippen molar-refractivity contribution in [2.24, 2.45) is 0 Å². The van der Waals surface area contributed by atoms with E-state index in [1.165, 1.54) is 11.3 Å². The summed E-state index contributed by atoms with van der Waals surface area (Å²) in [7, 11) is 0. The van der Waals surface area contributed by atoms with E-state index in [-0.39, 0.29) is 0 Å². The number of nitrogens with one attached hydrogen (secondary N) is 1. The average molecular weight is 311 g/mol. The number of hydrogen-bond donors (Lipinski definition) is 2. The molecule has 2 N–H and O–H groups in total. The van der Waals surface area contributed by atoms with E-state index in [0.29, 0.717) is 20.9 Å². The number of halogens is 1. The molecule has 1 aliphatic heterocycles. The number of aliphatic hydroxyl groups is 1. The second-order valence-corrected chi connectivity index (χ2v) is 5.36. The van der Waals surface area contributed by atoms with Gasteiger partial charge in [-0.15, -0.1) is 11.3 Å². The first kappa shape index (κ1) is 10.9. The molecule has 2 aromatic rings. The Morgan fingerprint density at radius 3 is 2.88 bits per heavy atom. The minimum absolute atomic E-state index is 0.367. The van der Waals surface area contributed by atoms with E-state index in [9.17, 15) is 9.90 Å². The highest BCUT2D eigenvalue weighted by atomic mass is 79.9. The van der Waals surface area contributed by atoms with Gasteiger partial charge in [-0.05, 0) is 22.0 Å².